The predicted molar refractivity (Wildman–Crippen MR) is 76.4 cm³/mol. The van der Waals surface area contributed by atoms with Gasteiger partial charge >= 0.3 is 0 Å². The average molecular weight is 295 g/mol. The maximum Gasteiger partial charge on any atom is 0.230 e. The quantitative estimate of drug-likeness (QED) is 0.918. The van der Waals surface area contributed by atoms with Gasteiger partial charge in [-0.2, -0.15) is 0 Å². The number of aromatic nitrogens is 1. The van der Waals surface area contributed by atoms with Crippen molar-refractivity contribution in [3.8, 4) is 22.6 Å². The van der Waals surface area contributed by atoms with Crippen LogP contribution in [-0.2, 0) is 0 Å². The van der Waals surface area contributed by atoms with Crippen LogP contribution in [0.1, 0.15) is 25.3 Å². The van der Waals surface area contributed by atoms with Crippen LogP contribution < -0.4 is 15.2 Å². The van der Waals surface area contributed by atoms with E-state index in [0.717, 1.165) is 16.9 Å². The SMILES string of the molecule is CC(C)c1c2c(cc(Cl)c1-c1cnoc1N)OCCO2. The van der Waals surface area contributed by atoms with Gasteiger partial charge in [0, 0.05) is 17.2 Å². The molecule has 2 aromatic rings. The Hall–Kier alpha value is -1.88. The summed E-state index contributed by atoms with van der Waals surface area (Å²) in [4.78, 5) is 0. The zero-order valence-electron chi connectivity index (χ0n) is 11.3. The fourth-order valence-corrected chi connectivity index (χ4v) is 2.74. The Bertz CT molecular complexity index is 652. The number of hydrogen-bond donors (Lipinski definition) is 1. The Kier molecular flexibility index (Phi) is 3.22. The smallest absolute Gasteiger partial charge is 0.230 e. The standard InChI is InChI=1S/C14H15ClN2O3/c1-7(2)11-12(8-6-17-20-14(8)16)9(15)5-10-13(11)19-4-3-18-10/h5-7H,3-4,16H2,1-2H3. The highest BCUT2D eigenvalue weighted by Gasteiger charge is 2.26. The van der Waals surface area contributed by atoms with Crippen LogP contribution in [0, 0.1) is 0 Å². The lowest BCUT2D eigenvalue weighted by Crippen LogP contribution is -2.17. The highest BCUT2D eigenvalue weighted by molar-refractivity contribution is 6.34. The summed E-state index contributed by atoms with van der Waals surface area (Å²) in [6.45, 7) is 5.18. The number of nitrogens with zero attached hydrogens (tertiary/aromatic N) is 1. The molecule has 3 rings (SSSR count). The summed E-state index contributed by atoms with van der Waals surface area (Å²) >= 11 is 6.41. The van der Waals surface area contributed by atoms with Gasteiger partial charge in [-0.3, -0.25) is 0 Å². The van der Waals surface area contributed by atoms with Crippen molar-refractivity contribution in [2.75, 3.05) is 18.9 Å². The highest BCUT2D eigenvalue weighted by atomic mass is 35.5. The first-order chi connectivity index (χ1) is 9.59. The van der Waals surface area contributed by atoms with E-state index in [-0.39, 0.29) is 11.8 Å². The van der Waals surface area contributed by atoms with Crippen molar-refractivity contribution in [3.05, 3.63) is 22.8 Å². The molecule has 0 atom stereocenters. The molecule has 0 aliphatic carbocycles. The van der Waals surface area contributed by atoms with Crippen LogP contribution in [0.15, 0.2) is 16.8 Å². The molecule has 0 unspecified atom stereocenters. The lowest BCUT2D eigenvalue weighted by molar-refractivity contribution is 0.169. The molecule has 0 radical (unpaired) electrons. The molecule has 106 valence electrons. The minimum atomic E-state index is 0.188. The molecule has 2 N–H and O–H groups in total. The second-order valence-electron chi connectivity index (χ2n) is 4.93. The third kappa shape index (κ3) is 1.98. The zero-order chi connectivity index (χ0) is 14.3. The Morgan fingerprint density at radius 3 is 2.70 bits per heavy atom. The van der Waals surface area contributed by atoms with E-state index in [9.17, 15) is 0 Å². The molecular weight excluding hydrogens is 280 g/mol. The molecule has 20 heavy (non-hydrogen) atoms. The van der Waals surface area contributed by atoms with Crippen molar-refractivity contribution >= 4 is 17.5 Å². The van der Waals surface area contributed by atoms with Gasteiger partial charge in [0.15, 0.2) is 11.5 Å². The normalized spacial score (nSPS) is 13.8. The number of rotatable bonds is 2. The summed E-state index contributed by atoms with van der Waals surface area (Å²) in [6, 6.07) is 1.75. The van der Waals surface area contributed by atoms with E-state index in [1.165, 1.54) is 0 Å². The molecule has 5 nitrogen and oxygen atoms in total. The lowest BCUT2D eigenvalue weighted by atomic mass is 9.92. The largest absolute Gasteiger partial charge is 0.486 e. The fourth-order valence-electron chi connectivity index (χ4n) is 2.44. The molecule has 0 saturated heterocycles. The third-order valence-corrected chi connectivity index (χ3v) is 3.56. The molecule has 0 bridgehead atoms. The monoisotopic (exact) mass is 294 g/mol. The maximum atomic E-state index is 6.41. The van der Waals surface area contributed by atoms with Crippen LogP contribution >= 0.6 is 11.6 Å². The van der Waals surface area contributed by atoms with Gasteiger partial charge in [-0.1, -0.05) is 30.6 Å². The predicted octanol–water partition coefficient (Wildman–Crippen LogP) is 3.47. The number of nitrogens with two attached hydrogens (primary N) is 1. The van der Waals surface area contributed by atoms with E-state index in [0.29, 0.717) is 29.5 Å². The van der Waals surface area contributed by atoms with E-state index >= 15 is 0 Å². The van der Waals surface area contributed by atoms with Gasteiger partial charge in [0.1, 0.15) is 13.2 Å². The van der Waals surface area contributed by atoms with Gasteiger partial charge in [-0.25, -0.2) is 0 Å². The van der Waals surface area contributed by atoms with Crippen LogP contribution in [0.4, 0.5) is 5.88 Å². The Balaban J connectivity index is 2.31. The molecule has 1 aliphatic heterocycles. The Labute approximate surface area is 121 Å². The molecule has 1 aromatic carbocycles. The molecule has 1 aliphatic rings. The van der Waals surface area contributed by atoms with Crippen molar-refractivity contribution in [2.24, 2.45) is 0 Å². The van der Waals surface area contributed by atoms with Crippen LogP contribution in [0.5, 0.6) is 11.5 Å². The van der Waals surface area contributed by atoms with Gasteiger partial charge in [0.25, 0.3) is 0 Å². The fraction of sp³-hybridized carbons (Fsp3) is 0.357. The van der Waals surface area contributed by atoms with Crippen LogP contribution in [-0.4, -0.2) is 18.4 Å². The van der Waals surface area contributed by atoms with Gasteiger partial charge in [0.2, 0.25) is 5.88 Å². The molecule has 0 fully saturated rings. The second-order valence-corrected chi connectivity index (χ2v) is 5.34. The number of halogens is 1. The minimum Gasteiger partial charge on any atom is -0.486 e. The number of benzene rings is 1. The minimum absolute atomic E-state index is 0.188. The molecule has 0 spiro atoms. The van der Waals surface area contributed by atoms with Gasteiger partial charge in [0.05, 0.1) is 16.8 Å². The van der Waals surface area contributed by atoms with Crippen molar-refractivity contribution in [3.63, 3.8) is 0 Å². The van der Waals surface area contributed by atoms with Crippen LogP contribution in [0.2, 0.25) is 5.02 Å². The summed E-state index contributed by atoms with van der Waals surface area (Å²) in [5.41, 5.74) is 8.26. The van der Waals surface area contributed by atoms with Gasteiger partial charge in [-0.15, -0.1) is 0 Å². The molecule has 2 heterocycles. The van der Waals surface area contributed by atoms with Crippen molar-refractivity contribution < 1.29 is 14.0 Å². The molecule has 0 amide bonds. The second kappa shape index (κ2) is 4.90. The average Bonchev–Trinajstić information content (AvgIpc) is 2.83. The van der Waals surface area contributed by atoms with E-state index in [4.69, 9.17) is 31.3 Å². The summed E-state index contributed by atoms with van der Waals surface area (Å²) in [6.07, 6.45) is 1.57. The molecular formula is C14H15ClN2O3. The van der Waals surface area contributed by atoms with Crippen molar-refractivity contribution in [1.29, 1.82) is 0 Å². The number of anilines is 1. The topological polar surface area (TPSA) is 70.5 Å². The van der Waals surface area contributed by atoms with Crippen molar-refractivity contribution in [2.45, 2.75) is 19.8 Å². The summed E-state index contributed by atoms with van der Waals surface area (Å²) < 4.78 is 16.3. The summed E-state index contributed by atoms with van der Waals surface area (Å²) in [5.74, 6) is 1.83. The van der Waals surface area contributed by atoms with E-state index < -0.39 is 0 Å². The third-order valence-electron chi connectivity index (χ3n) is 3.27. The van der Waals surface area contributed by atoms with E-state index in [2.05, 4.69) is 19.0 Å². The van der Waals surface area contributed by atoms with Gasteiger partial charge < -0.3 is 19.7 Å². The molecule has 0 saturated carbocycles. The maximum absolute atomic E-state index is 6.41. The summed E-state index contributed by atoms with van der Waals surface area (Å²) in [5, 5.41) is 4.27. The first-order valence-corrected chi connectivity index (χ1v) is 6.80. The Morgan fingerprint density at radius 1 is 1.30 bits per heavy atom. The van der Waals surface area contributed by atoms with E-state index in [1.807, 2.05) is 0 Å². The zero-order valence-corrected chi connectivity index (χ0v) is 12.0. The first kappa shape index (κ1) is 13.1. The first-order valence-electron chi connectivity index (χ1n) is 6.42. The van der Waals surface area contributed by atoms with Gasteiger partial charge in [-0.05, 0) is 5.92 Å². The lowest BCUT2D eigenvalue weighted by Gasteiger charge is -2.25. The number of nitrogen functional groups attached to an aromatic ring is 1. The molecule has 1 aromatic heterocycles. The Morgan fingerprint density at radius 2 is 2.05 bits per heavy atom. The van der Waals surface area contributed by atoms with Crippen LogP contribution in [0.25, 0.3) is 11.1 Å². The number of ether oxygens (including phenoxy) is 2. The molecule has 6 heteroatoms. The van der Waals surface area contributed by atoms with E-state index in [1.54, 1.807) is 12.3 Å². The van der Waals surface area contributed by atoms with Crippen molar-refractivity contribution in [1.82, 2.24) is 5.16 Å². The highest BCUT2D eigenvalue weighted by Crippen LogP contribution is 2.48. The van der Waals surface area contributed by atoms with Crippen LogP contribution in [0.3, 0.4) is 0 Å². The number of hydrogen-bond acceptors (Lipinski definition) is 5. The number of fused-ring (bicyclic) bond motifs is 1. The summed E-state index contributed by atoms with van der Waals surface area (Å²) in [7, 11) is 0.